The lowest BCUT2D eigenvalue weighted by atomic mass is 9.96. The van der Waals surface area contributed by atoms with E-state index in [9.17, 15) is 9.90 Å². The van der Waals surface area contributed by atoms with E-state index in [4.69, 9.17) is 5.11 Å². The lowest BCUT2D eigenvalue weighted by Crippen LogP contribution is -2.35. The summed E-state index contributed by atoms with van der Waals surface area (Å²) in [7, 11) is 0. The second kappa shape index (κ2) is 14.0. The molecule has 0 aliphatic carbocycles. The van der Waals surface area contributed by atoms with Crippen molar-refractivity contribution in [1.82, 2.24) is 5.32 Å². The molecular weight excluding hydrogens is 338 g/mol. The van der Waals surface area contributed by atoms with Gasteiger partial charge in [-0.1, -0.05) is 67.2 Å². The molecule has 3 unspecified atom stereocenters. The van der Waals surface area contributed by atoms with E-state index in [1.807, 2.05) is 64.2 Å². The molecule has 0 fully saturated rings. The van der Waals surface area contributed by atoms with Crippen molar-refractivity contribution in [2.75, 3.05) is 6.61 Å². The summed E-state index contributed by atoms with van der Waals surface area (Å²) in [6, 6.07) is -0.253. The Bertz CT molecular complexity index is 636. The summed E-state index contributed by atoms with van der Waals surface area (Å²) in [5.41, 5.74) is 2.64. The average molecular weight is 374 g/mol. The summed E-state index contributed by atoms with van der Waals surface area (Å²) in [5, 5.41) is 21.8. The normalized spacial score (nSPS) is 17.7. The number of allylic oxidation sites excluding steroid dienone is 9. The fraction of sp³-hybridized carbons (Fsp3) is 0.435. The van der Waals surface area contributed by atoms with Gasteiger partial charge in [0.05, 0.1) is 12.7 Å². The van der Waals surface area contributed by atoms with E-state index >= 15 is 0 Å². The number of aliphatic hydroxyl groups excluding tert-OH is 2. The summed E-state index contributed by atoms with van der Waals surface area (Å²) in [5.74, 6) is -0.127. The SMILES string of the molecule is CC=C(C)C(O)C(C)C=C(C)C=CC=CC=CC=C(C)C(=O)NC(C)CO. The molecule has 4 nitrogen and oxygen atoms in total. The largest absolute Gasteiger partial charge is 0.394 e. The molecule has 1 amide bonds. The van der Waals surface area contributed by atoms with E-state index in [0.29, 0.717) is 5.57 Å². The number of hydrogen-bond acceptors (Lipinski definition) is 3. The van der Waals surface area contributed by atoms with Crippen LogP contribution in [-0.4, -0.2) is 34.9 Å². The summed E-state index contributed by atoms with van der Waals surface area (Å²) in [4.78, 5) is 11.8. The van der Waals surface area contributed by atoms with Gasteiger partial charge in [0.15, 0.2) is 0 Å². The average Bonchev–Trinajstić information content (AvgIpc) is 2.65. The van der Waals surface area contributed by atoms with Gasteiger partial charge in [0, 0.05) is 17.5 Å². The molecule has 0 saturated carbocycles. The first kappa shape index (κ1) is 24.8. The molecule has 0 aromatic rings. The zero-order chi connectivity index (χ0) is 20.8. The number of aliphatic hydroxyl groups is 2. The quantitative estimate of drug-likeness (QED) is 0.308. The van der Waals surface area contributed by atoms with Gasteiger partial charge in [-0.25, -0.2) is 0 Å². The minimum absolute atomic E-state index is 0.0579. The third kappa shape index (κ3) is 11.2. The summed E-state index contributed by atoms with van der Waals surface area (Å²) < 4.78 is 0. The predicted octanol–water partition coefficient (Wildman–Crippen LogP) is 4.01. The van der Waals surface area contributed by atoms with E-state index in [-0.39, 0.29) is 24.5 Å². The van der Waals surface area contributed by atoms with Crippen molar-refractivity contribution in [1.29, 1.82) is 0 Å². The van der Waals surface area contributed by atoms with E-state index in [0.717, 1.165) is 11.1 Å². The van der Waals surface area contributed by atoms with Crippen LogP contribution in [-0.2, 0) is 4.79 Å². The van der Waals surface area contributed by atoms with Crippen LogP contribution in [0.4, 0.5) is 0 Å². The lowest BCUT2D eigenvalue weighted by Gasteiger charge is -2.16. The molecule has 0 saturated heterocycles. The van der Waals surface area contributed by atoms with Crippen molar-refractivity contribution in [3.8, 4) is 0 Å². The number of amides is 1. The third-order valence-electron chi connectivity index (χ3n) is 4.10. The molecular formula is C23H35NO3. The predicted molar refractivity (Wildman–Crippen MR) is 114 cm³/mol. The molecule has 3 N–H and O–H groups in total. The Hall–Kier alpha value is -2.17. The second-order valence-corrected chi connectivity index (χ2v) is 6.78. The first-order valence-corrected chi connectivity index (χ1v) is 9.32. The molecule has 0 spiro atoms. The fourth-order valence-corrected chi connectivity index (χ4v) is 2.21. The van der Waals surface area contributed by atoms with Crippen LogP contribution >= 0.6 is 0 Å². The maximum absolute atomic E-state index is 11.8. The van der Waals surface area contributed by atoms with E-state index in [1.54, 1.807) is 26.0 Å². The van der Waals surface area contributed by atoms with Crippen molar-refractivity contribution < 1.29 is 15.0 Å². The van der Waals surface area contributed by atoms with Crippen molar-refractivity contribution >= 4 is 5.91 Å². The molecule has 3 atom stereocenters. The van der Waals surface area contributed by atoms with Crippen LogP contribution in [0, 0.1) is 5.92 Å². The Labute approximate surface area is 164 Å². The maximum Gasteiger partial charge on any atom is 0.247 e. The highest BCUT2D eigenvalue weighted by Crippen LogP contribution is 2.15. The third-order valence-corrected chi connectivity index (χ3v) is 4.10. The lowest BCUT2D eigenvalue weighted by molar-refractivity contribution is -0.118. The molecule has 0 aromatic heterocycles. The highest BCUT2D eigenvalue weighted by Gasteiger charge is 2.12. The highest BCUT2D eigenvalue weighted by atomic mass is 16.3. The zero-order valence-corrected chi connectivity index (χ0v) is 17.4. The van der Waals surface area contributed by atoms with E-state index in [1.165, 1.54) is 0 Å². The van der Waals surface area contributed by atoms with Crippen LogP contribution in [0.1, 0.15) is 41.5 Å². The Morgan fingerprint density at radius 1 is 1.04 bits per heavy atom. The maximum atomic E-state index is 11.8. The van der Waals surface area contributed by atoms with Crippen LogP contribution in [0.5, 0.6) is 0 Å². The minimum Gasteiger partial charge on any atom is -0.394 e. The van der Waals surface area contributed by atoms with Gasteiger partial charge in [-0.3, -0.25) is 4.79 Å². The Morgan fingerprint density at radius 2 is 1.63 bits per heavy atom. The van der Waals surface area contributed by atoms with Crippen LogP contribution in [0.25, 0.3) is 0 Å². The highest BCUT2D eigenvalue weighted by molar-refractivity contribution is 5.93. The van der Waals surface area contributed by atoms with Gasteiger partial charge in [0.1, 0.15) is 0 Å². The van der Waals surface area contributed by atoms with Crippen LogP contribution in [0.2, 0.25) is 0 Å². The van der Waals surface area contributed by atoms with Crippen molar-refractivity contribution in [2.24, 2.45) is 5.92 Å². The molecule has 0 rings (SSSR count). The van der Waals surface area contributed by atoms with Gasteiger partial charge in [-0.2, -0.15) is 0 Å². The summed E-state index contributed by atoms with van der Waals surface area (Å²) in [6.07, 6.45) is 16.6. The first-order valence-electron chi connectivity index (χ1n) is 9.32. The van der Waals surface area contributed by atoms with E-state index < -0.39 is 6.10 Å². The topological polar surface area (TPSA) is 69.6 Å². The molecule has 0 aromatic carbocycles. The molecule has 27 heavy (non-hydrogen) atoms. The van der Waals surface area contributed by atoms with Gasteiger partial charge in [-0.05, 0) is 40.2 Å². The number of carbonyl (C=O) groups excluding carboxylic acids is 1. The van der Waals surface area contributed by atoms with Gasteiger partial charge < -0.3 is 15.5 Å². The molecule has 4 heteroatoms. The standard InChI is InChI=1S/C23H35NO3/c1-7-18(3)22(26)20(5)15-17(2)13-11-9-8-10-12-14-19(4)23(27)24-21(6)16-25/h7-15,20-22,25-26H,16H2,1-6H3,(H,24,27). The zero-order valence-electron chi connectivity index (χ0n) is 17.4. The van der Waals surface area contributed by atoms with Crippen LogP contribution in [0.15, 0.2) is 71.4 Å². The minimum atomic E-state index is -0.454. The Kier molecular flexibility index (Phi) is 12.8. The van der Waals surface area contributed by atoms with Gasteiger partial charge in [-0.15, -0.1) is 0 Å². The fourth-order valence-electron chi connectivity index (χ4n) is 2.21. The molecule has 0 heterocycles. The smallest absolute Gasteiger partial charge is 0.247 e. The molecule has 150 valence electrons. The monoisotopic (exact) mass is 373 g/mol. The van der Waals surface area contributed by atoms with Gasteiger partial charge in [0.25, 0.3) is 0 Å². The first-order chi connectivity index (χ1) is 12.7. The summed E-state index contributed by atoms with van der Waals surface area (Å²) >= 11 is 0. The Balaban J connectivity index is 4.56. The summed E-state index contributed by atoms with van der Waals surface area (Å²) in [6.45, 7) is 11.3. The molecule has 0 radical (unpaired) electrons. The number of nitrogens with one attached hydrogen (secondary N) is 1. The number of carbonyl (C=O) groups is 1. The van der Waals surface area contributed by atoms with Crippen molar-refractivity contribution in [3.63, 3.8) is 0 Å². The molecule has 0 aliphatic heterocycles. The number of rotatable bonds is 10. The van der Waals surface area contributed by atoms with Crippen molar-refractivity contribution in [3.05, 3.63) is 71.4 Å². The van der Waals surface area contributed by atoms with E-state index in [2.05, 4.69) is 11.4 Å². The molecule has 0 aliphatic rings. The van der Waals surface area contributed by atoms with Gasteiger partial charge in [0.2, 0.25) is 5.91 Å². The molecule has 0 bridgehead atoms. The van der Waals surface area contributed by atoms with Crippen LogP contribution in [0.3, 0.4) is 0 Å². The van der Waals surface area contributed by atoms with Gasteiger partial charge >= 0.3 is 0 Å². The van der Waals surface area contributed by atoms with Crippen LogP contribution < -0.4 is 5.32 Å². The van der Waals surface area contributed by atoms with Crippen molar-refractivity contribution in [2.45, 2.75) is 53.7 Å². The Morgan fingerprint density at radius 3 is 2.22 bits per heavy atom. The number of hydrogen-bond donors (Lipinski definition) is 3. The second-order valence-electron chi connectivity index (χ2n) is 6.78.